The van der Waals surface area contributed by atoms with E-state index in [-0.39, 0.29) is 39.6 Å². The van der Waals surface area contributed by atoms with Gasteiger partial charge in [-0.1, -0.05) is 0 Å². The summed E-state index contributed by atoms with van der Waals surface area (Å²) in [6, 6.07) is 5.39. The van der Waals surface area contributed by atoms with Gasteiger partial charge in [-0.2, -0.15) is 8.42 Å². The second-order valence-electron chi connectivity index (χ2n) is 2.49. The van der Waals surface area contributed by atoms with Crippen LogP contribution < -0.4 is 11.1 Å². The fraction of sp³-hybridized carbons (Fsp3) is 0. The number of anilines is 1. The van der Waals surface area contributed by atoms with Crippen LogP contribution in [-0.4, -0.2) is 47.6 Å². The van der Waals surface area contributed by atoms with Gasteiger partial charge in [0.2, 0.25) is 0 Å². The van der Waals surface area contributed by atoms with E-state index in [1.807, 2.05) is 0 Å². The Morgan fingerprint density at radius 1 is 1.33 bits per heavy atom. The SMILES string of the molecule is NC(=S)Nc1ccc(S(=O)(=O)O)cc1.[NaH]. The molecule has 0 aromatic heterocycles. The number of thiocarbonyl (C=S) groups is 1. The Morgan fingerprint density at radius 2 is 1.80 bits per heavy atom. The van der Waals surface area contributed by atoms with Crippen molar-refractivity contribution < 1.29 is 13.0 Å². The zero-order valence-corrected chi connectivity index (χ0v) is 8.60. The average Bonchev–Trinajstić information content (AvgIpc) is 2.02. The number of nitrogens with two attached hydrogens (primary N) is 1. The van der Waals surface area contributed by atoms with Crippen molar-refractivity contribution in [1.29, 1.82) is 0 Å². The van der Waals surface area contributed by atoms with Gasteiger partial charge in [-0.25, -0.2) is 0 Å². The van der Waals surface area contributed by atoms with Crippen molar-refractivity contribution in [3.63, 3.8) is 0 Å². The van der Waals surface area contributed by atoms with Gasteiger partial charge in [0.25, 0.3) is 10.1 Å². The van der Waals surface area contributed by atoms with Crippen LogP contribution in [0.1, 0.15) is 0 Å². The van der Waals surface area contributed by atoms with Crippen molar-refractivity contribution in [2.45, 2.75) is 4.90 Å². The van der Waals surface area contributed by atoms with E-state index in [2.05, 4.69) is 17.5 Å². The molecule has 0 bridgehead atoms. The van der Waals surface area contributed by atoms with Crippen LogP contribution in [0.3, 0.4) is 0 Å². The summed E-state index contributed by atoms with van der Waals surface area (Å²) in [7, 11) is -4.14. The van der Waals surface area contributed by atoms with Gasteiger partial charge in [0.05, 0.1) is 4.90 Å². The molecule has 0 saturated heterocycles. The van der Waals surface area contributed by atoms with Crippen LogP contribution in [0, 0.1) is 0 Å². The molecule has 0 aliphatic carbocycles. The van der Waals surface area contributed by atoms with E-state index in [0.29, 0.717) is 5.69 Å². The first-order valence-electron chi connectivity index (χ1n) is 3.53. The van der Waals surface area contributed by atoms with Gasteiger partial charge in [-0.15, -0.1) is 0 Å². The standard InChI is InChI=1S/C7H8N2O3S2.Na.H/c8-7(13)9-5-1-3-6(4-2-5)14(10,11)12;;/h1-4H,(H3,8,9,13)(H,10,11,12);;. The second-order valence-corrected chi connectivity index (χ2v) is 4.35. The molecule has 0 atom stereocenters. The first kappa shape index (κ1) is 14.8. The maximum atomic E-state index is 10.7. The van der Waals surface area contributed by atoms with Crippen LogP contribution in [0.15, 0.2) is 29.2 Å². The first-order chi connectivity index (χ1) is 6.39. The van der Waals surface area contributed by atoms with Gasteiger partial charge in [0.1, 0.15) is 0 Å². The summed E-state index contributed by atoms with van der Waals surface area (Å²) in [5, 5.41) is 2.70. The molecule has 8 heteroatoms. The van der Waals surface area contributed by atoms with E-state index in [9.17, 15) is 8.42 Å². The number of nitrogens with one attached hydrogen (secondary N) is 1. The summed E-state index contributed by atoms with van der Waals surface area (Å²) in [5.74, 6) is 0. The second kappa shape index (κ2) is 5.78. The maximum absolute atomic E-state index is 10.7. The van der Waals surface area contributed by atoms with Gasteiger partial charge in [0, 0.05) is 5.69 Å². The molecule has 4 N–H and O–H groups in total. The number of rotatable bonds is 2. The van der Waals surface area contributed by atoms with Crippen molar-refractivity contribution in [3.8, 4) is 0 Å². The molecule has 0 aliphatic heterocycles. The van der Waals surface area contributed by atoms with Crippen LogP contribution in [0.2, 0.25) is 0 Å². The third kappa shape index (κ3) is 4.92. The fourth-order valence-electron chi connectivity index (χ4n) is 0.852. The Hall–Kier alpha value is -0.180. The van der Waals surface area contributed by atoms with Gasteiger partial charge in [0.15, 0.2) is 5.11 Å². The van der Waals surface area contributed by atoms with E-state index >= 15 is 0 Å². The molecule has 1 aromatic carbocycles. The Morgan fingerprint density at radius 3 is 2.13 bits per heavy atom. The molecule has 0 spiro atoms. The summed E-state index contributed by atoms with van der Waals surface area (Å²) in [6.07, 6.45) is 0. The van der Waals surface area contributed by atoms with Crippen LogP contribution in [0.5, 0.6) is 0 Å². The summed E-state index contributed by atoms with van der Waals surface area (Å²) < 4.78 is 30.0. The van der Waals surface area contributed by atoms with E-state index in [4.69, 9.17) is 10.3 Å². The zero-order valence-electron chi connectivity index (χ0n) is 6.97. The Labute approximate surface area is 115 Å². The third-order valence-electron chi connectivity index (χ3n) is 1.42. The third-order valence-corrected chi connectivity index (χ3v) is 2.39. The minimum atomic E-state index is -4.14. The van der Waals surface area contributed by atoms with Gasteiger partial charge >= 0.3 is 29.6 Å². The van der Waals surface area contributed by atoms with Crippen molar-refractivity contribution in [2.24, 2.45) is 5.73 Å². The predicted octanol–water partition coefficient (Wildman–Crippen LogP) is -0.0597. The Bertz CT molecular complexity index is 444. The molecule has 0 fully saturated rings. The van der Waals surface area contributed by atoms with E-state index in [1.54, 1.807) is 0 Å². The van der Waals surface area contributed by atoms with Crippen molar-refractivity contribution >= 4 is 62.7 Å². The van der Waals surface area contributed by atoms with E-state index in [1.165, 1.54) is 24.3 Å². The molecule has 15 heavy (non-hydrogen) atoms. The molecular weight excluding hydrogens is 247 g/mol. The molecule has 5 nitrogen and oxygen atoms in total. The molecule has 0 aliphatic rings. The molecular formula is C7H9N2NaO3S2. The van der Waals surface area contributed by atoms with Crippen LogP contribution >= 0.6 is 12.2 Å². The van der Waals surface area contributed by atoms with Crippen molar-refractivity contribution in [1.82, 2.24) is 0 Å². The molecule has 1 rings (SSSR count). The fourth-order valence-corrected chi connectivity index (χ4v) is 1.45. The summed E-state index contributed by atoms with van der Waals surface area (Å²) in [4.78, 5) is -0.175. The minimum absolute atomic E-state index is 0. The average molecular weight is 256 g/mol. The molecule has 1 aromatic rings. The monoisotopic (exact) mass is 256 g/mol. The van der Waals surface area contributed by atoms with Crippen molar-refractivity contribution in [3.05, 3.63) is 24.3 Å². The summed E-state index contributed by atoms with van der Waals surface area (Å²) >= 11 is 4.58. The molecule has 0 unspecified atom stereocenters. The van der Waals surface area contributed by atoms with Gasteiger partial charge in [-0.3, -0.25) is 4.55 Å². The van der Waals surface area contributed by atoms with Gasteiger partial charge in [-0.05, 0) is 36.5 Å². The first-order valence-corrected chi connectivity index (χ1v) is 5.38. The Kier molecular flexibility index (Phi) is 5.71. The normalized spacial score (nSPS) is 10.2. The van der Waals surface area contributed by atoms with E-state index in [0.717, 1.165) is 0 Å². The van der Waals surface area contributed by atoms with E-state index < -0.39 is 10.1 Å². The van der Waals surface area contributed by atoms with Gasteiger partial charge < -0.3 is 11.1 Å². The summed E-state index contributed by atoms with van der Waals surface area (Å²) in [5.41, 5.74) is 5.76. The van der Waals surface area contributed by atoms with Crippen LogP contribution in [0.4, 0.5) is 5.69 Å². The predicted molar refractivity (Wildman–Crippen MR) is 63.8 cm³/mol. The number of hydrogen-bond donors (Lipinski definition) is 3. The molecule has 0 amide bonds. The quantitative estimate of drug-likeness (QED) is 0.390. The number of hydrogen-bond acceptors (Lipinski definition) is 3. The van der Waals surface area contributed by atoms with Crippen LogP contribution in [-0.2, 0) is 10.1 Å². The van der Waals surface area contributed by atoms with Crippen molar-refractivity contribution in [2.75, 3.05) is 5.32 Å². The topological polar surface area (TPSA) is 92.4 Å². The summed E-state index contributed by atoms with van der Waals surface area (Å²) in [6.45, 7) is 0. The molecule has 78 valence electrons. The molecule has 0 radical (unpaired) electrons. The Balaban J connectivity index is 0.00000196. The van der Waals surface area contributed by atoms with Crippen LogP contribution in [0.25, 0.3) is 0 Å². The zero-order chi connectivity index (χ0) is 10.8. The number of benzene rings is 1. The molecule has 0 heterocycles. The molecule has 0 saturated carbocycles.